The molecule has 1 aromatic heterocycles. The van der Waals surface area contributed by atoms with Crippen LogP contribution < -0.4 is 5.32 Å². The molecule has 1 heterocycles. The van der Waals surface area contributed by atoms with Crippen LogP contribution in [0.1, 0.15) is 0 Å². The summed E-state index contributed by atoms with van der Waals surface area (Å²) in [5, 5.41) is 24.7. The lowest BCUT2D eigenvalue weighted by molar-refractivity contribution is -0.389. The zero-order chi connectivity index (χ0) is 14.3. The number of rotatable bonds is 8. The van der Waals surface area contributed by atoms with E-state index >= 15 is 0 Å². The van der Waals surface area contributed by atoms with Crippen molar-refractivity contribution >= 4 is 17.7 Å². The van der Waals surface area contributed by atoms with Gasteiger partial charge in [-0.2, -0.15) is 4.68 Å². The molecule has 0 fully saturated rings. The Morgan fingerprint density at radius 3 is 2.89 bits per heavy atom. The minimum atomic E-state index is -1.09. The van der Waals surface area contributed by atoms with Crippen LogP contribution in [0.2, 0.25) is 0 Å². The second-order valence-corrected chi connectivity index (χ2v) is 3.42. The normalized spacial score (nSPS) is 10.1. The van der Waals surface area contributed by atoms with Crippen molar-refractivity contribution in [2.45, 2.75) is 6.54 Å². The van der Waals surface area contributed by atoms with Crippen molar-refractivity contribution in [3.8, 4) is 0 Å². The van der Waals surface area contributed by atoms with E-state index in [9.17, 15) is 19.7 Å². The highest BCUT2D eigenvalue weighted by Gasteiger charge is 2.12. The van der Waals surface area contributed by atoms with Gasteiger partial charge in [0.05, 0.1) is 24.0 Å². The number of nitrogens with zero attached hydrogens (tertiary/aromatic N) is 3. The number of hydrogen-bond acceptors (Lipinski definition) is 6. The van der Waals surface area contributed by atoms with Crippen molar-refractivity contribution in [3.63, 3.8) is 0 Å². The second kappa shape index (κ2) is 7.06. The van der Waals surface area contributed by atoms with Gasteiger partial charge in [-0.25, -0.2) is 4.79 Å². The quantitative estimate of drug-likeness (QED) is 0.352. The first-order chi connectivity index (χ1) is 8.99. The molecule has 0 saturated carbocycles. The molecule has 1 aromatic rings. The smallest absolute Gasteiger partial charge is 0.389 e. The Morgan fingerprint density at radius 2 is 2.32 bits per heavy atom. The molecule has 0 atom stereocenters. The van der Waals surface area contributed by atoms with E-state index in [0.29, 0.717) is 0 Å². The van der Waals surface area contributed by atoms with Crippen molar-refractivity contribution < 1.29 is 24.4 Å². The van der Waals surface area contributed by atoms with Crippen LogP contribution in [0, 0.1) is 10.1 Å². The molecule has 1 amide bonds. The summed E-state index contributed by atoms with van der Waals surface area (Å²) in [6, 6.07) is 1.18. The van der Waals surface area contributed by atoms with E-state index in [4.69, 9.17) is 9.84 Å². The van der Waals surface area contributed by atoms with E-state index in [-0.39, 0.29) is 25.5 Å². The lowest BCUT2D eigenvalue weighted by Gasteiger charge is -2.03. The summed E-state index contributed by atoms with van der Waals surface area (Å²) in [5.41, 5.74) is 0. The lowest BCUT2D eigenvalue weighted by Crippen LogP contribution is -2.31. The number of aliphatic carboxylic acids is 1. The molecule has 19 heavy (non-hydrogen) atoms. The topological polar surface area (TPSA) is 137 Å². The predicted octanol–water partition coefficient (Wildman–Crippen LogP) is -0.991. The summed E-state index contributed by atoms with van der Waals surface area (Å²) >= 11 is 0. The Kier molecular flexibility index (Phi) is 5.41. The zero-order valence-corrected chi connectivity index (χ0v) is 9.81. The molecular formula is C9H12N4O6. The van der Waals surface area contributed by atoms with Gasteiger partial charge >= 0.3 is 11.8 Å². The van der Waals surface area contributed by atoms with Gasteiger partial charge in [-0.05, 0) is 4.92 Å². The second-order valence-electron chi connectivity index (χ2n) is 3.42. The van der Waals surface area contributed by atoms with Gasteiger partial charge in [0.15, 0.2) is 0 Å². The highest BCUT2D eigenvalue weighted by molar-refractivity contribution is 5.75. The first-order valence-corrected chi connectivity index (χ1v) is 5.23. The van der Waals surface area contributed by atoms with Gasteiger partial charge in [0.2, 0.25) is 5.91 Å². The largest absolute Gasteiger partial charge is 0.480 e. The van der Waals surface area contributed by atoms with Gasteiger partial charge in [0, 0.05) is 6.54 Å². The minimum absolute atomic E-state index is 0.0668. The monoisotopic (exact) mass is 272 g/mol. The number of carboxylic acids is 1. The molecule has 0 unspecified atom stereocenters. The standard InChI is InChI=1S/C9H12N4O6/c14-8(10-2-4-19-6-9(15)16)5-12-3-1-7(11-12)13(17)18/h1,3H,2,4-6H2,(H,10,14)(H,15,16). The Morgan fingerprint density at radius 1 is 1.58 bits per heavy atom. The summed E-state index contributed by atoms with van der Waals surface area (Å²) in [4.78, 5) is 31.2. The average molecular weight is 272 g/mol. The first kappa shape index (κ1) is 14.6. The highest BCUT2D eigenvalue weighted by atomic mass is 16.6. The minimum Gasteiger partial charge on any atom is -0.480 e. The number of hydrogen-bond donors (Lipinski definition) is 2. The fourth-order valence-electron chi connectivity index (χ4n) is 1.16. The van der Waals surface area contributed by atoms with Crippen LogP contribution >= 0.6 is 0 Å². The van der Waals surface area contributed by atoms with Crippen molar-refractivity contribution in [2.24, 2.45) is 0 Å². The van der Waals surface area contributed by atoms with Gasteiger partial charge < -0.3 is 25.3 Å². The number of amides is 1. The summed E-state index contributed by atoms with van der Waals surface area (Å²) in [6.07, 6.45) is 1.32. The molecule has 1 rings (SSSR count). The predicted molar refractivity (Wildman–Crippen MR) is 60.3 cm³/mol. The van der Waals surface area contributed by atoms with Gasteiger partial charge in [-0.15, -0.1) is 0 Å². The van der Waals surface area contributed by atoms with Crippen LogP contribution in [0.4, 0.5) is 5.82 Å². The van der Waals surface area contributed by atoms with Gasteiger partial charge in [0.25, 0.3) is 0 Å². The van der Waals surface area contributed by atoms with E-state index in [1.165, 1.54) is 12.3 Å². The molecule has 2 N–H and O–H groups in total. The Balaban J connectivity index is 2.23. The third-order valence-corrected chi connectivity index (χ3v) is 1.91. The van der Waals surface area contributed by atoms with E-state index in [2.05, 4.69) is 10.4 Å². The average Bonchev–Trinajstić information content (AvgIpc) is 2.76. The van der Waals surface area contributed by atoms with Crippen LogP contribution in [-0.2, 0) is 20.9 Å². The number of nitro groups is 1. The Hall–Kier alpha value is -2.49. The molecule has 0 saturated heterocycles. The first-order valence-electron chi connectivity index (χ1n) is 5.23. The number of nitrogens with one attached hydrogen (secondary N) is 1. The van der Waals surface area contributed by atoms with Crippen LogP contribution in [-0.4, -0.2) is 51.4 Å². The van der Waals surface area contributed by atoms with Crippen molar-refractivity contribution in [1.29, 1.82) is 0 Å². The SMILES string of the molecule is O=C(O)COCCNC(=O)Cn1ccc([N+](=O)[O-])n1. The Labute approximate surface area is 107 Å². The van der Waals surface area contributed by atoms with Crippen LogP contribution in [0.3, 0.4) is 0 Å². The molecule has 0 aliphatic rings. The van der Waals surface area contributed by atoms with Crippen LogP contribution in [0.5, 0.6) is 0 Å². The molecule has 0 bridgehead atoms. The molecule has 0 radical (unpaired) electrons. The number of carboxylic acid groups (broad SMARTS) is 1. The fourth-order valence-corrected chi connectivity index (χ4v) is 1.16. The van der Waals surface area contributed by atoms with E-state index in [0.717, 1.165) is 4.68 Å². The number of carbonyl (C=O) groups excluding carboxylic acids is 1. The zero-order valence-electron chi connectivity index (χ0n) is 9.81. The number of ether oxygens (including phenoxy) is 1. The van der Waals surface area contributed by atoms with Crippen molar-refractivity contribution in [2.75, 3.05) is 19.8 Å². The van der Waals surface area contributed by atoms with Crippen LogP contribution in [0.25, 0.3) is 0 Å². The molecule has 10 heteroatoms. The third kappa shape index (κ3) is 5.59. The van der Waals surface area contributed by atoms with E-state index in [1.54, 1.807) is 0 Å². The summed E-state index contributed by atoms with van der Waals surface area (Å²) in [7, 11) is 0. The molecule has 0 spiro atoms. The fraction of sp³-hybridized carbons (Fsp3) is 0.444. The maximum atomic E-state index is 11.4. The maximum Gasteiger partial charge on any atom is 0.389 e. The summed E-state index contributed by atoms with van der Waals surface area (Å²) < 4.78 is 5.84. The summed E-state index contributed by atoms with van der Waals surface area (Å²) in [5.74, 6) is -1.83. The number of carbonyl (C=O) groups is 2. The molecule has 0 aliphatic heterocycles. The number of aromatic nitrogens is 2. The van der Waals surface area contributed by atoms with E-state index in [1.807, 2.05) is 0 Å². The molecule has 10 nitrogen and oxygen atoms in total. The van der Waals surface area contributed by atoms with Crippen molar-refractivity contribution in [3.05, 3.63) is 22.4 Å². The lowest BCUT2D eigenvalue weighted by atomic mass is 10.5. The highest BCUT2D eigenvalue weighted by Crippen LogP contribution is 2.04. The Bertz CT molecular complexity index is 471. The van der Waals surface area contributed by atoms with Crippen molar-refractivity contribution in [1.82, 2.24) is 15.1 Å². The molecule has 104 valence electrons. The van der Waals surface area contributed by atoms with Gasteiger partial charge in [0.1, 0.15) is 13.2 Å². The molecular weight excluding hydrogens is 260 g/mol. The molecule has 0 aliphatic carbocycles. The van der Waals surface area contributed by atoms with Crippen LogP contribution in [0.15, 0.2) is 12.3 Å². The third-order valence-electron chi connectivity index (χ3n) is 1.91. The molecule has 0 aromatic carbocycles. The van der Waals surface area contributed by atoms with Gasteiger partial charge in [-0.3, -0.25) is 4.79 Å². The maximum absolute atomic E-state index is 11.4. The summed E-state index contributed by atoms with van der Waals surface area (Å²) in [6.45, 7) is -0.374. The van der Waals surface area contributed by atoms with Gasteiger partial charge in [-0.1, -0.05) is 0 Å². The van der Waals surface area contributed by atoms with E-state index < -0.39 is 23.4 Å².